The van der Waals surface area contributed by atoms with Crippen LogP contribution in [0.1, 0.15) is 109 Å². The van der Waals surface area contributed by atoms with E-state index in [0.717, 1.165) is 0 Å². The smallest absolute Gasteiger partial charge is 0.322 e. The summed E-state index contributed by atoms with van der Waals surface area (Å²) >= 11 is 0. The first kappa shape index (κ1) is 52.5. The van der Waals surface area contributed by atoms with Crippen molar-refractivity contribution < 1.29 is 71.6 Å². The van der Waals surface area contributed by atoms with Crippen molar-refractivity contribution in [3.05, 3.63) is 11.8 Å². The lowest BCUT2D eigenvalue weighted by Gasteiger charge is -2.20. The van der Waals surface area contributed by atoms with Gasteiger partial charge in [-0.1, -0.05) is 0 Å². The molecule has 1 rings (SSSR count). The lowest BCUT2D eigenvalue weighted by atomic mass is 9.88. The number of rotatable bonds is 15. The second-order valence-electron chi connectivity index (χ2n) is 12.9. The van der Waals surface area contributed by atoms with Crippen molar-refractivity contribution in [2.75, 3.05) is 39.6 Å². The normalized spacial score (nSPS) is 10.9. The van der Waals surface area contributed by atoms with Crippen LogP contribution in [-0.4, -0.2) is 102 Å². The minimum atomic E-state index is -1.43. The Balaban J connectivity index is -0.000000633. The standard InChI is InChI=1S/C10H17NO4.C9H14N2O3.C9H16O4.C7H12O4/c1-5-15-9(14)10(3,4)8(13)6-11-7(2)12;1-5-13-8(12)9(3,4)7-11-10-6(2)14-7;1-5-12-7(10)9(3,4)8(11)13-6-2;1-4-11-6(10)7(2,3)5(8)9/h5-6H2,1-4H3,(H,11,12);5H2,1-4H3;5-6H2,1-4H3;4H2,1-3H3,(H,8,9). The molecule has 1 aromatic rings. The number of ketones is 1. The zero-order chi connectivity index (χ0) is 42.4. The molecule has 2 N–H and O–H groups in total. The summed E-state index contributed by atoms with van der Waals surface area (Å²) in [6.45, 7) is 24.5. The molecule has 1 heterocycles. The van der Waals surface area contributed by atoms with E-state index in [-0.39, 0.29) is 56.5 Å². The summed E-state index contributed by atoms with van der Waals surface area (Å²) in [7, 11) is 0. The Morgan fingerprint density at radius 1 is 0.585 bits per heavy atom. The van der Waals surface area contributed by atoms with Crippen LogP contribution in [0.2, 0.25) is 0 Å². The number of nitrogens with one attached hydrogen (secondary N) is 1. The lowest BCUT2D eigenvalue weighted by Crippen LogP contribution is -2.41. The van der Waals surface area contributed by atoms with Gasteiger partial charge in [-0.15, -0.1) is 10.2 Å². The first-order valence-corrected chi connectivity index (χ1v) is 16.9. The number of esters is 5. The molecule has 0 aliphatic rings. The number of Topliss-reactive ketones (excluding diaryl/α,β-unsaturated/α-hetero) is 1. The van der Waals surface area contributed by atoms with E-state index in [9.17, 15) is 38.4 Å². The number of aryl methyl sites for hydroxylation is 1. The van der Waals surface area contributed by atoms with Gasteiger partial charge in [0.15, 0.2) is 16.6 Å². The average Bonchev–Trinajstić information content (AvgIpc) is 3.51. The van der Waals surface area contributed by atoms with E-state index >= 15 is 0 Å². The van der Waals surface area contributed by atoms with Gasteiger partial charge in [0.25, 0.3) is 0 Å². The maximum atomic E-state index is 11.6. The second-order valence-corrected chi connectivity index (χ2v) is 12.9. The average molecular weight is 762 g/mol. The Kier molecular flexibility index (Phi) is 24.1. The number of nitrogens with zero attached hydrogens (tertiary/aromatic N) is 2. The number of carbonyl (C=O) groups is 8. The molecule has 304 valence electrons. The summed E-state index contributed by atoms with van der Waals surface area (Å²) in [5, 5.41) is 18.4. The minimum absolute atomic E-state index is 0.152. The van der Waals surface area contributed by atoms with Gasteiger partial charge >= 0.3 is 35.8 Å². The molecule has 0 radical (unpaired) electrons. The summed E-state index contributed by atoms with van der Waals surface area (Å²) in [5.41, 5.74) is -4.72. The Hall–Kier alpha value is -4.90. The SMILES string of the molecule is CCOC(=O)C(C)(C)C(=O)CNC(C)=O.CCOC(=O)C(C)(C)C(=O)O.CCOC(=O)C(C)(C)C(=O)OCC.CCOC(=O)C(C)(C)c1nnc(C)o1. The van der Waals surface area contributed by atoms with E-state index in [0.29, 0.717) is 12.5 Å². The highest BCUT2D eigenvalue weighted by molar-refractivity contribution is 6.04. The van der Waals surface area contributed by atoms with Crippen LogP contribution >= 0.6 is 0 Å². The summed E-state index contributed by atoms with van der Waals surface area (Å²) in [6.07, 6.45) is 0. The van der Waals surface area contributed by atoms with Crippen LogP contribution in [0.4, 0.5) is 0 Å². The molecule has 0 aliphatic heterocycles. The summed E-state index contributed by atoms with van der Waals surface area (Å²) in [4.78, 5) is 88.9. The van der Waals surface area contributed by atoms with Crippen LogP contribution in [0, 0.1) is 23.2 Å². The molecule has 0 saturated carbocycles. The fourth-order valence-electron chi connectivity index (χ4n) is 2.90. The number of aliphatic carboxylic acids is 1. The predicted octanol–water partition coefficient (Wildman–Crippen LogP) is 3.30. The molecule has 0 aromatic carbocycles. The van der Waals surface area contributed by atoms with E-state index in [4.69, 9.17) is 28.5 Å². The summed E-state index contributed by atoms with van der Waals surface area (Å²) in [5.74, 6) is -3.83. The highest BCUT2D eigenvalue weighted by atomic mass is 16.6. The number of carbonyl (C=O) groups excluding carboxylic acids is 7. The third-order valence-electron chi connectivity index (χ3n) is 6.72. The Morgan fingerprint density at radius 3 is 1.23 bits per heavy atom. The molecule has 0 bridgehead atoms. The van der Waals surface area contributed by atoms with Crippen LogP contribution in [0.15, 0.2) is 4.42 Å². The van der Waals surface area contributed by atoms with E-state index in [1.807, 2.05) is 0 Å². The highest BCUT2D eigenvalue weighted by Gasteiger charge is 2.40. The number of ether oxygens (including phenoxy) is 5. The molecule has 1 aromatic heterocycles. The predicted molar refractivity (Wildman–Crippen MR) is 188 cm³/mol. The van der Waals surface area contributed by atoms with E-state index in [2.05, 4.69) is 20.3 Å². The summed E-state index contributed by atoms with van der Waals surface area (Å²) < 4.78 is 28.9. The fraction of sp³-hybridized carbons (Fsp3) is 0.714. The van der Waals surface area contributed by atoms with E-state index < -0.39 is 51.5 Å². The maximum Gasteiger partial charge on any atom is 0.322 e. The van der Waals surface area contributed by atoms with Gasteiger partial charge in [-0.05, 0) is 90.0 Å². The van der Waals surface area contributed by atoms with Gasteiger partial charge in [0.05, 0.1) is 39.6 Å². The van der Waals surface area contributed by atoms with E-state index in [1.54, 1.807) is 55.4 Å². The van der Waals surface area contributed by atoms with Crippen LogP contribution in [-0.2, 0) is 67.5 Å². The lowest BCUT2D eigenvalue weighted by molar-refractivity contribution is -0.169. The van der Waals surface area contributed by atoms with Gasteiger partial charge in [-0.25, -0.2) is 0 Å². The van der Waals surface area contributed by atoms with Crippen molar-refractivity contribution >= 4 is 47.5 Å². The number of amides is 1. The van der Waals surface area contributed by atoms with Crippen molar-refractivity contribution in [2.45, 2.75) is 109 Å². The van der Waals surface area contributed by atoms with Crippen LogP contribution in [0.3, 0.4) is 0 Å². The third-order valence-corrected chi connectivity index (χ3v) is 6.72. The highest BCUT2D eigenvalue weighted by Crippen LogP contribution is 2.23. The number of carboxylic acids is 1. The first-order valence-electron chi connectivity index (χ1n) is 16.9. The van der Waals surface area contributed by atoms with Crippen molar-refractivity contribution in [3.8, 4) is 0 Å². The second kappa shape index (κ2) is 24.4. The largest absolute Gasteiger partial charge is 0.480 e. The molecule has 0 fully saturated rings. The monoisotopic (exact) mass is 761 g/mol. The van der Waals surface area contributed by atoms with Gasteiger partial charge in [0.2, 0.25) is 17.7 Å². The molecule has 18 heteroatoms. The Morgan fingerprint density at radius 2 is 0.925 bits per heavy atom. The first-order chi connectivity index (χ1) is 24.2. The number of hydrogen-bond acceptors (Lipinski definition) is 16. The van der Waals surface area contributed by atoms with E-state index in [1.165, 1.54) is 48.5 Å². The van der Waals surface area contributed by atoms with Gasteiger partial charge in [0.1, 0.15) is 10.8 Å². The third kappa shape index (κ3) is 18.4. The molecule has 0 unspecified atom stereocenters. The van der Waals surface area contributed by atoms with Gasteiger partial charge in [-0.2, -0.15) is 0 Å². The van der Waals surface area contributed by atoms with Crippen LogP contribution < -0.4 is 5.32 Å². The van der Waals surface area contributed by atoms with Crippen molar-refractivity contribution in [2.24, 2.45) is 16.2 Å². The minimum Gasteiger partial charge on any atom is -0.480 e. The van der Waals surface area contributed by atoms with Gasteiger partial charge < -0.3 is 38.5 Å². The molecule has 0 aliphatic carbocycles. The Labute approximate surface area is 311 Å². The fourth-order valence-corrected chi connectivity index (χ4v) is 2.90. The summed E-state index contributed by atoms with van der Waals surface area (Å²) in [6, 6.07) is 0. The van der Waals surface area contributed by atoms with Crippen LogP contribution in [0.5, 0.6) is 0 Å². The quantitative estimate of drug-likeness (QED) is 0.148. The van der Waals surface area contributed by atoms with Crippen molar-refractivity contribution in [1.82, 2.24) is 15.5 Å². The molecule has 18 nitrogen and oxygen atoms in total. The number of aromatic nitrogens is 2. The molecule has 1 amide bonds. The zero-order valence-corrected chi connectivity index (χ0v) is 33.8. The molecule has 0 saturated heterocycles. The van der Waals surface area contributed by atoms with Crippen molar-refractivity contribution in [3.63, 3.8) is 0 Å². The number of carboxylic acid groups (broad SMARTS) is 1. The maximum absolute atomic E-state index is 11.6. The molecule has 53 heavy (non-hydrogen) atoms. The molecular formula is C35H59N3O15. The zero-order valence-electron chi connectivity index (χ0n) is 33.8. The molecular weight excluding hydrogens is 702 g/mol. The van der Waals surface area contributed by atoms with Gasteiger partial charge in [-0.3, -0.25) is 38.4 Å². The molecule has 0 atom stereocenters. The van der Waals surface area contributed by atoms with Crippen molar-refractivity contribution in [1.29, 1.82) is 0 Å². The topological polar surface area (TPSA) is 254 Å². The number of hydrogen-bond donors (Lipinski definition) is 2. The van der Waals surface area contributed by atoms with Crippen LogP contribution in [0.25, 0.3) is 0 Å². The molecule has 0 spiro atoms. The van der Waals surface area contributed by atoms with Gasteiger partial charge in [0, 0.05) is 13.8 Å². The Bertz CT molecular complexity index is 1360.